The van der Waals surface area contributed by atoms with Crippen LogP contribution in [-0.4, -0.2) is 242 Å². The van der Waals surface area contributed by atoms with Gasteiger partial charge in [-0.25, -0.2) is 0 Å². The number of aliphatic hydroxyl groups excluding tert-OH is 20. The van der Waals surface area contributed by atoms with Crippen LogP contribution in [0.4, 0.5) is 0 Å². The van der Waals surface area contributed by atoms with Gasteiger partial charge in [-0.15, -0.1) is 0 Å². The normalized spacial score (nSPS) is 28.9. The first-order chi connectivity index (χ1) is 34.3. The number of hydrogen-bond donors (Lipinski definition) is 21. The Morgan fingerprint density at radius 1 is 0.405 bits per heavy atom. The summed E-state index contributed by atoms with van der Waals surface area (Å²) in [5.41, 5.74) is 0. The fourth-order valence-electron chi connectivity index (χ4n) is 10.2. The monoisotopic (exact) mass is 1080 g/mol. The van der Waals surface area contributed by atoms with Crippen LogP contribution in [0.3, 0.4) is 0 Å². The minimum atomic E-state index is -2.58. The highest BCUT2D eigenvalue weighted by atomic mass is 16.7. The van der Waals surface area contributed by atoms with Crippen LogP contribution in [0.15, 0.2) is 0 Å². The molecule has 0 aromatic rings. The van der Waals surface area contributed by atoms with Gasteiger partial charge >= 0.3 is 0 Å². The molecule has 0 bridgehead atoms. The van der Waals surface area contributed by atoms with E-state index in [4.69, 9.17) is 4.74 Å². The van der Waals surface area contributed by atoms with E-state index in [0.717, 1.165) is 38.5 Å². The Morgan fingerprint density at radius 2 is 0.838 bits per heavy atom. The fourth-order valence-corrected chi connectivity index (χ4v) is 10.2. The van der Waals surface area contributed by atoms with Gasteiger partial charge in [0.1, 0.15) is 36.6 Å². The van der Waals surface area contributed by atoms with Crippen molar-refractivity contribution >= 4 is 0 Å². The highest BCUT2D eigenvalue weighted by Gasteiger charge is 2.54. The molecule has 0 aliphatic carbocycles. The molecular formula is C52H104O22. The zero-order valence-corrected chi connectivity index (χ0v) is 45.0. The molecule has 74 heavy (non-hydrogen) atoms. The molecule has 0 spiro atoms. The molecule has 1 aliphatic rings. The van der Waals surface area contributed by atoms with Crippen LogP contribution in [0.2, 0.25) is 0 Å². The van der Waals surface area contributed by atoms with E-state index >= 15 is 0 Å². The molecule has 0 aromatic carbocycles. The van der Waals surface area contributed by atoms with Crippen LogP contribution in [0.25, 0.3) is 0 Å². The van der Waals surface area contributed by atoms with E-state index in [-0.39, 0.29) is 44.1 Å². The van der Waals surface area contributed by atoms with Gasteiger partial charge in [-0.3, -0.25) is 0 Å². The summed E-state index contributed by atoms with van der Waals surface area (Å²) in [7, 11) is 0. The summed E-state index contributed by atoms with van der Waals surface area (Å²) >= 11 is 0. The van der Waals surface area contributed by atoms with Crippen LogP contribution >= 0.6 is 0 Å². The highest BCUT2D eigenvalue weighted by Crippen LogP contribution is 2.35. The Hall–Kier alpha value is -0.880. The van der Waals surface area contributed by atoms with Gasteiger partial charge in [0.2, 0.25) is 0 Å². The maximum absolute atomic E-state index is 11.1. The van der Waals surface area contributed by atoms with Gasteiger partial charge in [-0.1, -0.05) is 93.4 Å². The summed E-state index contributed by atoms with van der Waals surface area (Å²) < 4.78 is 5.49. The van der Waals surface area contributed by atoms with Crippen molar-refractivity contribution in [1.29, 1.82) is 0 Å². The number of aliphatic hydroxyl groups is 21. The van der Waals surface area contributed by atoms with E-state index in [0.29, 0.717) is 12.8 Å². The summed E-state index contributed by atoms with van der Waals surface area (Å²) in [6, 6.07) is 0. The van der Waals surface area contributed by atoms with E-state index in [9.17, 15) is 107 Å². The lowest BCUT2D eigenvalue weighted by atomic mass is 9.80. The lowest BCUT2D eigenvalue weighted by Crippen LogP contribution is -2.65. The second-order valence-electron chi connectivity index (χ2n) is 22.7. The van der Waals surface area contributed by atoms with Gasteiger partial charge < -0.3 is 112 Å². The SMILES string of the molecule is CCCCCCCCC[C@@H](O)C[C@]1(O)O[C@H](C[C@@H](O)[C@H](O)[C@@H](O)[C@H](O)[C@@H](O)C[C@@H](O)C[C@@H](O)C[C@@H](O)[C@H](C)[C@@H](O)[C@@H](C)[C@@H](O)C[C@@H](O)[C@H](C)[C@@H](O)C[C@@H](O)[C@H](C)[C@H](O)[C@@H](O)C[C@H](C)C[C@H](C)CO)[C@@H](O)[C@H](O)[C@@H]1O. The van der Waals surface area contributed by atoms with Crippen molar-refractivity contribution in [3.8, 4) is 0 Å². The Bertz CT molecular complexity index is 1440. The summed E-state index contributed by atoms with van der Waals surface area (Å²) in [4.78, 5) is 0. The summed E-state index contributed by atoms with van der Waals surface area (Å²) in [5.74, 6) is -6.29. The smallest absolute Gasteiger partial charge is 0.197 e. The maximum atomic E-state index is 11.1. The summed E-state index contributed by atoms with van der Waals surface area (Å²) in [6.07, 6.45) is -28.9. The fraction of sp³-hybridized carbons (Fsp3) is 1.00. The third kappa shape index (κ3) is 23.4. The molecule has 1 aliphatic heterocycles. The Kier molecular flexibility index (Phi) is 33.6. The molecule has 22 nitrogen and oxygen atoms in total. The second kappa shape index (κ2) is 35.0. The van der Waals surface area contributed by atoms with Crippen LogP contribution in [0.1, 0.15) is 158 Å². The van der Waals surface area contributed by atoms with Crippen LogP contribution < -0.4 is 0 Å². The Balaban J connectivity index is 2.69. The minimum absolute atomic E-state index is 0.0101. The van der Waals surface area contributed by atoms with Crippen LogP contribution in [-0.2, 0) is 4.74 Å². The van der Waals surface area contributed by atoms with E-state index in [1.807, 2.05) is 13.8 Å². The largest absolute Gasteiger partial charge is 0.396 e. The van der Waals surface area contributed by atoms with Gasteiger partial charge in [-0.2, -0.15) is 0 Å². The average molecular weight is 1080 g/mol. The van der Waals surface area contributed by atoms with Gasteiger partial charge in [0.15, 0.2) is 5.79 Å². The van der Waals surface area contributed by atoms with Crippen molar-refractivity contribution in [3.63, 3.8) is 0 Å². The highest BCUT2D eigenvalue weighted by molar-refractivity contribution is 4.99. The Morgan fingerprint density at radius 3 is 1.35 bits per heavy atom. The van der Waals surface area contributed by atoms with E-state index in [1.54, 1.807) is 0 Å². The van der Waals surface area contributed by atoms with Gasteiger partial charge in [-0.05, 0) is 56.8 Å². The van der Waals surface area contributed by atoms with E-state index in [1.165, 1.54) is 27.7 Å². The molecule has 21 N–H and O–H groups in total. The van der Waals surface area contributed by atoms with Crippen LogP contribution in [0.5, 0.6) is 0 Å². The molecule has 1 heterocycles. The summed E-state index contributed by atoms with van der Waals surface area (Å²) in [5, 5.41) is 224. The predicted molar refractivity (Wildman–Crippen MR) is 270 cm³/mol. The number of unbranched alkanes of at least 4 members (excludes halogenated alkanes) is 6. The quantitative estimate of drug-likeness (QED) is 0.0280. The maximum Gasteiger partial charge on any atom is 0.197 e. The first-order valence-corrected chi connectivity index (χ1v) is 27.3. The predicted octanol–water partition coefficient (Wildman–Crippen LogP) is -2.61. The molecule has 0 unspecified atom stereocenters. The molecule has 0 amide bonds. The minimum Gasteiger partial charge on any atom is -0.396 e. The van der Waals surface area contributed by atoms with Crippen molar-refractivity contribution in [2.75, 3.05) is 6.61 Å². The molecule has 1 fully saturated rings. The lowest BCUT2D eigenvalue weighted by molar-refractivity contribution is -0.356. The second-order valence-corrected chi connectivity index (χ2v) is 22.7. The zero-order valence-electron chi connectivity index (χ0n) is 45.0. The standard InChI is InChI=1S/C52H104O22/c1-8-9-10-11-12-13-14-15-32(54)24-52(73)51(72)50(71)48(69)43(74-52)23-42(64)47(68)49(70)46(67)41(63)20-34(56)18-33(55)19-35(57)29(5)44(65)30(6)38(60)21-36(58)28(4)37(59)22-39(61)31(7)45(66)40(62)17-26(2)16-27(3)25-53/h26-51,53-73H,8-25H2,1-7H3/t26-,27+,28+,29+,30+,31+,32-,33-,34+,35-,36-,37+,38+,39-,40+,41+,42-,43-,44-,45+,46-,47+,48-,49+,50+,51+,52+/m1/s1. The molecular weight excluding hydrogens is 977 g/mol. The zero-order chi connectivity index (χ0) is 56.9. The molecule has 27 atom stereocenters. The van der Waals surface area contributed by atoms with Gasteiger partial charge in [0.05, 0.1) is 85.5 Å². The molecule has 1 saturated heterocycles. The average Bonchev–Trinajstić information content (AvgIpc) is 3.34. The number of rotatable bonds is 40. The molecule has 22 heteroatoms. The van der Waals surface area contributed by atoms with Crippen molar-refractivity contribution < 1.29 is 112 Å². The Labute approximate surface area is 438 Å². The van der Waals surface area contributed by atoms with Crippen molar-refractivity contribution in [2.24, 2.45) is 35.5 Å². The van der Waals surface area contributed by atoms with Crippen LogP contribution in [0, 0.1) is 35.5 Å². The molecule has 0 aromatic heterocycles. The topological polar surface area (TPSA) is 434 Å². The van der Waals surface area contributed by atoms with Gasteiger partial charge in [0, 0.05) is 49.5 Å². The van der Waals surface area contributed by atoms with E-state index in [2.05, 4.69) is 6.92 Å². The molecule has 444 valence electrons. The molecule has 1 rings (SSSR count). The lowest BCUT2D eigenvalue weighted by Gasteiger charge is -2.47. The molecule has 0 radical (unpaired) electrons. The molecule has 0 saturated carbocycles. The summed E-state index contributed by atoms with van der Waals surface area (Å²) in [6.45, 7) is 11.7. The van der Waals surface area contributed by atoms with Gasteiger partial charge in [0.25, 0.3) is 0 Å². The van der Waals surface area contributed by atoms with E-state index < -0.39 is 184 Å². The first-order valence-electron chi connectivity index (χ1n) is 27.3. The number of hydrogen-bond acceptors (Lipinski definition) is 22. The first kappa shape index (κ1) is 71.1. The number of ether oxygens (including phenoxy) is 1. The van der Waals surface area contributed by atoms with Crippen molar-refractivity contribution in [3.05, 3.63) is 0 Å². The third-order valence-corrected chi connectivity index (χ3v) is 15.8. The van der Waals surface area contributed by atoms with Crippen molar-refractivity contribution in [1.82, 2.24) is 0 Å². The van der Waals surface area contributed by atoms with Crippen molar-refractivity contribution in [2.45, 2.75) is 285 Å². The third-order valence-electron chi connectivity index (χ3n) is 15.8.